The number of hydrogen-bond acceptors (Lipinski definition) is 5. The van der Waals surface area contributed by atoms with E-state index >= 15 is 0 Å². The largest absolute Gasteiger partial charge is 0.480 e. The van der Waals surface area contributed by atoms with Crippen molar-refractivity contribution < 1.29 is 19.5 Å². The summed E-state index contributed by atoms with van der Waals surface area (Å²) in [4.78, 5) is 36.2. The number of rotatable bonds is 3. The number of benzene rings is 1. The van der Waals surface area contributed by atoms with Crippen LogP contribution in [0.3, 0.4) is 0 Å². The second kappa shape index (κ2) is 6.10. The number of hydrogen-bond donors (Lipinski definition) is 4. The second-order valence-corrected chi connectivity index (χ2v) is 8.21. The minimum absolute atomic E-state index is 0.301. The molecule has 0 radical (unpaired) electrons. The lowest BCUT2D eigenvalue weighted by atomic mass is 10.0. The normalized spacial score (nSPS) is 32.1. The molecule has 0 unspecified atom stereocenters. The zero-order valence-corrected chi connectivity index (χ0v) is 14.1. The van der Waals surface area contributed by atoms with Crippen LogP contribution in [0.1, 0.15) is 25.5 Å². The van der Waals surface area contributed by atoms with Gasteiger partial charge in [-0.15, -0.1) is 11.8 Å². The van der Waals surface area contributed by atoms with Gasteiger partial charge in [0.15, 0.2) is 0 Å². The number of piperazine rings is 1. The van der Waals surface area contributed by atoms with E-state index in [1.165, 1.54) is 11.8 Å². The first-order chi connectivity index (χ1) is 11.3. The van der Waals surface area contributed by atoms with E-state index in [1.807, 2.05) is 6.07 Å². The van der Waals surface area contributed by atoms with E-state index in [4.69, 9.17) is 0 Å². The Morgan fingerprint density at radius 2 is 1.79 bits per heavy atom. The summed E-state index contributed by atoms with van der Waals surface area (Å²) < 4.78 is -0.586. The molecule has 8 heteroatoms. The molecule has 0 spiro atoms. The quantitative estimate of drug-likeness (QED) is 0.623. The highest BCUT2D eigenvalue weighted by Gasteiger charge is 2.50. The van der Waals surface area contributed by atoms with Gasteiger partial charge in [0.2, 0.25) is 11.8 Å². The van der Waals surface area contributed by atoms with Crippen LogP contribution in [0.5, 0.6) is 0 Å². The van der Waals surface area contributed by atoms with Gasteiger partial charge in [0.1, 0.15) is 18.1 Å². The fraction of sp³-hybridized carbons (Fsp3) is 0.438. The summed E-state index contributed by atoms with van der Waals surface area (Å²) in [7, 11) is 0. The van der Waals surface area contributed by atoms with E-state index in [2.05, 4.69) is 16.0 Å². The topological polar surface area (TPSA) is 108 Å². The molecule has 3 rings (SSSR count). The van der Waals surface area contributed by atoms with Crippen LogP contribution < -0.4 is 16.0 Å². The van der Waals surface area contributed by atoms with Crippen LogP contribution in [-0.4, -0.2) is 45.1 Å². The molecule has 0 saturated carbocycles. The van der Waals surface area contributed by atoms with Gasteiger partial charge in [0, 0.05) is 4.75 Å². The van der Waals surface area contributed by atoms with Gasteiger partial charge in [-0.3, -0.25) is 19.7 Å². The molecule has 2 heterocycles. The third-order valence-electron chi connectivity index (χ3n) is 4.27. The number of amides is 2. The van der Waals surface area contributed by atoms with E-state index < -0.39 is 34.2 Å². The van der Waals surface area contributed by atoms with Crippen LogP contribution in [0.4, 0.5) is 0 Å². The highest BCUT2D eigenvalue weighted by molar-refractivity contribution is 8.01. The number of nitrogens with one attached hydrogen (secondary N) is 3. The Labute approximate surface area is 143 Å². The SMILES string of the molecule is CC1(C)S[C@H]([C@H]2NC(=O)[C@@H](c3ccccc3)NC2=O)N[C@@H]1C(=O)O. The Balaban J connectivity index is 1.75. The van der Waals surface area contributed by atoms with Gasteiger partial charge in [-0.05, 0) is 19.4 Å². The van der Waals surface area contributed by atoms with E-state index in [9.17, 15) is 19.5 Å². The fourth-order valence-electron chi connectivity index (χ4n) is 3.02. The molecule has 2 saturated heterocycles. The van der Waals surface area contributed by atoms with Crippen LogP contribution in [0.15, 0.2) is 30.3 Å². The number of carboxylic acids is 1. The van der Waals surface area contributed by atoms with Crippen LogP contribution in [-0.2, 0) is 14.4 Å². The van der Waals surface area contributed by atoms with Crippen molar-refractivity contribution in [2.45, 2.75) is 42.1 Å². The second-order valence-electron chi connectivity index (χ2n) is 6.42. The predicted octanol–water partition coefficient (Wildman–Crippen LogP) is 0.237. The molecule has 2 amide bonds. The summed E-state index contributed by atoms with van der Waals surface area (Å²) in [6, 6.07) is 6.65. The maximum absolute atomic E-state index is 12.5. The van der Waals surface area contributed by atoms with Crippen molar-refractivity contribution in [2.24, 2.45) is 0 Å². The van der Waals surface area contributed by atoms with Crippen molar-refractivity contribution in [1.82, 2.24) is 16.0 Å². The molecule has 0 aromatic heterocycles. The summed E-state index contributed by atoms with van der Waals surface area (Å²) in [6.07, 6.45) is 0. The number of carbonyl (C=O) groups is 3. The Morgan fingerprint density at radius 1 is 1.12 bits per heavy atom. The Bertz CT molecular complexity index is 679. The first-order valence-corrected chi connectivity index (χ1v) is 8.50. The smallest absolute Gasteiger partial charge is 0.322 e. The monoisotopic (exact) mass is 349 g/mol. The highest BCUT2D eigenvalue weighted by atomic mass is 32.2. The van der Waals surface area contributed by atoms with E-state index in [0.717, 1.165) is 0 Å². The highest BCUT2D eigenvalue weighted by Crippen LogP contribution is 2.39. The lowest BCUT2D eigenvalue weighted by molar-refractivity contribution is -0.140. The van der Waals surface area contributed by atoms with Gasteiger partial charge in [0.05, 0.1) is 5.37 Å². The lowest BCUT2D eigenvalue weighted by Gasteiger charge is -2.32. The molecule has 4 atom stereocenters. The third-order valence-corrected chi connectivity index (χ3v) is 5.77. The van der Waals surface area contributed by atoms with Gasteiger partial charge >= 0.3 is 5.97 Å². The summed E-state index contributed by atoms with van der Waals surface area (Å²) in [5.41, 5.74) is 0.706. The fourth-order valence-corrected chi connectivity index (χ4v) is 4.51. The molecule has 2 fully saturated rings. The molecule has 0 bridgehead atoms. The van der Waals surface area contributed by atoms with Gasteiger partial charge in [0.25, 0.3) is 0 Å². The first kappa shape index (κ1) is 16.8. The van der Waals surface area contributed by atoms with Crippen molar-refractivity contribution in [2.75, 3.05) is 0 Å². The molecular formula is C16H19N3O4S. The molecule has 24 heavy (non-hydrogen) atoms. The lowest BCUT2D eigenvalue weighted by Crippen LogP contribution is -2.63. The summed E-state index contributed by atoms with van der Waals surface area (Å²) in [6.45, 7) is 3.61. The minimum atomic E-state index is -0.972. The Morgan fingerprint density at radius 3 is 2.38 bits per heavy atom. The summed E-state index contributed by atoms with van der Waals surface area (Å²) >= 11 is 1.35. The number of carbonyl (C=O) groups excluding carboxylic acids is 2. The van der Waals surface area contributed by atoms with Crippen LogP contribution in [0.25, 0.3) is 0 Å². The zero-order chi connectivity index (χ0) is 17.5. The molecule has 4 N–H and O–H groups in total. The van der Waals surface area contributed by atoms with Gasteiger partial charge in [-0.25, -0.2) is 0 Å². The maximum Gasteiger partial charge on any atom is 0.322 e. The van der Waals surface area contributed by atoms with Crippen molar-refractivity contribution in [1.29, 1.82) is 0 Å². The molecule has 1 aromatic rings. The minimum Gasteiger partial charge on any atom is -0.480 e. The molecular weight excluding hydrogens is 330 g/mol. The standard InChI is InChI=1S/C16H19N3O4S/c1-16(2)11(15(22)23)19-14(24-16)10-13(21)17-9(12(20)18-10)8-6-4-3-5-7-8/h3-7,9-11,14,19H,1-2H3,(H,17,21)(H,18,20)(H,22,23)/t9-,10+,11-,14-/m1/s1. The van der Waals surface area contributed by atoms with Gasteiger partial charge < -0.3 is 15.7 Å². The van der Waals surface area contributed by atoms with Crippen molar-refractivity contribution in [3.05, 3.63) is 35.9 Å². The van der Waals surface area contributed by atoms with E-state index in [0.29, 0.717) is 5.56 Å². The summed E-state index contributed by atoms with van der Waals surface area (Å²) in [5.74, 6) is -1.60. The van der Waals surface area contributed by atoms with Gasteiger partial charge in [-0.1, -0.05) is 30.3 Å². The molecule has 2 aliphatic rings. The van der Waals surface area contributed by atoms with E-state index in [-0.39, 0.29) is 11.8 Å². The van der Waals surface area contributed by atoms with Crippen molar-refractivity contribution in [3.63, 3.8) is 0 Å². The van der Waals surface area contributed by atoms with Gasteiger partial charge in [-0.2, -0.15) is 0 Å². The average Bonchev–Trinajstić information content (AvgIpc) is 2.85. The molecule has 128 valence electrons. The number of thioether (sulfide) groups is 1. The molecule has 1 aromatic carbocycles. The van der Waals surface area contributed by atoms with Crippen LogP contribution in [0.2, 0.25) is 0 Å². The molecule has 0 aliphatic carbocycles. The van der Waals surface area contributed by atoms with Crippen LogP contribution >= 0.6 is 11.8 Å². The average molecular weight is 349 g/mol. The number of carboxylic acid groups (broad SMARTS) is 1. The van der Waals surface area contributed by atoms with Crippen LogP contribution in [0, 0.1) is 0 Å². The number of aliphatic carboxylic acids is 1. The Hall–Kier alpha value is -2.06. The predicted molar refractivity (Wildman–Crippen MR) is 89.3 cm³/mol. The third kappa shape index (κ3) is 2.99. The molecule has 7 nitrogen and oxygen atoms in total. The van der Waals surface area contributed by atoms with Crippen molar-refractivity contribution in [3.8, 4) is 0 Å². The Kier molecular flexibility index (Phi) is 4.27. The molecule has 2 aliphatic heterocycles. The summed E-state index contributed by atoms with van der Waals surface area (Å²) in [5, 5.41) is 17.2. The van der Waals surface area contributed by atoms with E-state index in [1.54, 1.807) is 38.1 Å². The maximum atomic E-state index is 12.5. The zero-order valence-electron chi connectivity index (χ0n) is 13.3. The first-order valence-electron chi connectivity index (χ1n) is 7.62. The van der Waals surface area contributed by atoms with Crippen molar-refractivity contribution >= 4 is 29.5 Å².